The summed E-state index contributed by atoms with van der Waals surface area (Å²) in [5.41, 5.74) is 1.84. The van der Waals surface area contributed by atoms with Gasteiger partial charge in [0.05, 0.1) is 12.3 Å². The van der Waals surface area contributed by atoms with Gasteiger partial charge < -0.3 is 5.11 Å². The van der Waals surface area contributed by atoms with Crippen LogP contribution in [0.5, 0.6) is 0 Å². The molecule has 0 aliphatic carbocycles. The van der Waals surface area contributed by atoms with Crippen LogP contribution >= 0.6 is 0 Å². The van der Waals surface area contributed by atoms with Gasteiger partial charge in [0.2, 0.25) is 5.82 Å². The van der Waals surface area contributed by atoms with Gasteiger partial charge in [0.1, 0.15) is 0 Å². The van der Waals surface area contributed by atoms with Crippen molar-refractivity contribution in [3.05, 3.63) is 23.8 Å². The van der Waals surface area contributed by atoms with Gasteiger partial charge in [-0.3, -0.25) is 10.0 Å². The molecular formula is C7H7N5O3. The van der Waals surface area contributed by atoms with Crippen molar-refractivity contribution in [3.63, 3.8) is 0 Å². The summed E-state index contributed by atoms with van der Waals surface area (Å²) in [7, 11) is 0. The number of hydroxylamine groups is 1. The van der Waals surface area contributed by atoms with E-state index in [1.165, 1.54) is 16.2 Å². The Hall–Kier alpha value is -2.06. The van der Waals surface area contributed by atoms with Crippen molar-refractivity contribution in [2.45, 2.75) is 6.61 Å². The fourth-order valence-electron chi connectivity index (χ4n) is 1.05. The smallest absolute Gasteiger partial charge is 0.314 e. The lowest BCUT2D eigenvalue weighted by Crippen LogP contribution is -2.20. The number of carbonyl (C=O) groups is 1. The van der Waals surface area contributed by atoms with Crippen molar-refractivity contribution in [2.75, 3.05) is 0 Å². The molecule has 2 heterocycles. The minimum absolute atomic E-state index is 0.181. The third kappa shape index (κ3) is 1.63. The van der Waals surface area contributed by atoms with E-state index in [2.05, 4.69) is 15.1 Å². The second kappa shape index (κ2) is 3.59. The number of hydrogen-bond acceptors (Lipinski definition) is 6. The molecule has 3 N–H and O–H groups in total. The van der Waals surface area contributed by atoms with Crippen molar-refractivity contribution in [2.24, 2.45) is 0 Å². The second-order valence-electron chi connectivity index (χ2n) is 2.70. The first-order chi connectivity index (χ1) is 7.24. The zero-order valence-electron chi connectivity index (χ0n) is 7.45. The topological polar surface area (TPSA) is 113 Å². The van der Waals surface area contributed by atoms with Crippen molar-refractivity contribution in [3.8, 4) is 0 Å². The van der Waals surface area contributed by atoms with Crippen LogP contribution in [0.2, 0.25) is 0 Å². The number of nitrogens with one attached hydrogen (secondary N) is 1. The SMILES string of the molecule is O=C(NO)c1nc2nc(CO)ccn2n1. The van der Waals surface area contributed by atoms with Crippen molar-refractivity contribution in [1.82, 2.24) is 25.1 Å². The Balaban J connectivity index is 2.51. The molecule has 0 unspecified atom stereocenters. The Morgan fingerprint density at radius 3 is 3.00 bits per heavy atom. The van der Waals surface area contributed by atoms with E-state index in [-0.39, 0.29) is 18.2 Å². The molecule has 0 aromatic carbocycles. The summed E-state index contributed by atoms with van der Waals surface area (Å²) in [6, 6.07) is 1.54. The van der Waals surface area contributed by atoms with Crippen LogP contribution in [0.15, 0.2) is 12.3 Å². The molecule has 0 fully saturated rings. The number of hydrogen-bond donors (Lipinski definition) is 3. The third-order valence-electron chi connectivity index (χ3n) is 1.73. The number of amides is 1. The highest BCUT2D eigenvalue weighted by Gasteiger charge is 2.12. The number of aliphatic hydroxyl groups is 1. The van der Waals surface area contributed by atoms with E-state index < -0.39 is 5.91 Å². The van der Waals surface area contributed by atoms with Gasteiger partial charge in [-0.25, -0.2) is 15.0 Å². The number of nitrogens with zero attached hydrogens (tertiary/aromatic N) is 4. The van der Waals surface area contributed by atoms with Gasteiger partial charge in [-0.15, -0.1) is 5.10 Å². The summed E-state index contributed by atoms with van der Waals surface area (Å²) in [4.78, 5) is 18.6. The lowest BCUT2D eigenvalue weighted by molar-refractivity contribution is 0.0695. The molecule has 0 saturated heterocycles. The van der Waals surface area contributed by atoms with Gasteiger partial charge in [-0.2, -0.15) is 4.98 Å². The lowest BCUT2D eigenvalue weighted by Gasteiger charge is -1.93. The highest BCUT2D eigenvalue weighted by atomic mass is 16.5. The first kappa shape index (κ1) is 9.49. The molecule has 1 amide bonds. The van der Waals surface area contributed by atoms with Crippen LogP contribution in [0.4, 0.5) is 0 Å². The number of carbonyl (C=O) groups excluding carboxylic acids is 1. The molecule has 8 heteroatoms. The number of aromatic nitrogens is 4. The predicted molar refractivity (Wildman–Crippen MR) is 46.0 cm³/mol. The third-order valence-corrected chi connectivity index (χ3v) is 1.73. The van der Waals surface area contributed by atoms with E-state index in [1.807, 2.05) is 0 Å². The highest BCUT2D eigenvalue weighted by Crippen LogP contribution is 2.00. The average molecular weight is 209 g/mol. The van der Waals surface area contributed by atoms with Crippen LogP contribution in [0.3, 0.4) is 0 Å². The summed E-state index contributed by atoms with van der Waals surface area (Å²) < 4.78 is 1.27. The Kier molecular flexibility index (Phi) is 2.27. The molecule has 0 saturated carbocycles. The Morgan fingerprint density at radius 1 is 1.53 bits per heavy atom. The number of aliphatic hydroxyl groups excluding tert-OH is 1. The molecule has 78 valence electrons. The Morgan fingerprint density at radius 2 is 2.33 bits per heavy atom. The number of fused-ring (bicyclic) bond motifs is 1. The molecule has 2 rings (SSSR count). The predicted octanol–water partition coefficient (Wildman–Crippen LogP) is -1.26. The summed E-state index contributed by atoms with van der Waals surface area (Å²) in [6.07, 6.45) is 1.51. The van der Waals surface area contributed by atoms with Gasteiger partial charge in [0, 0.05) is 6.20 Å². The first-order valence-electron chi connectivity index (χ1n) is 4.02. The first-order valence-corrected chi connectivity index (χ1v) is 4.02. The summed E-state index contributed by atoms with van der Waals surface area (Å²) in [5, 5.41) is 20.9. The van der Waals surface area contributed by atoms with Gasteiger partial charge in [0.25, 0.3) is 5.78 Å². The Bertz CT molecular complexity index is 508. The van der Waals surface area contributed by atoms with E-state index in [0.29, 0.717) is 5.69 Å². The van der Waals surface area contributed by atoms with E-state index >= 15 is 0 Å². The molecule has 8 nitrogen and oxygen atoms in total. The van der Waals surface area contributed by atoms with E-state index in [9.17, 15) is 4.79 Å². The molecule has 0 bridgehead atoms. The molecule has 0 spiro atoms. The minimum atomic E-state index is -0.814. The van der Waals surface area contributed by atoms with Crippen LogP contribution in [0, 0.1) is 0 Å². The van der Waals surface area contributed by atoms with Gasteiger partial charge in [-0.1, -0.05) is 0 Å². The van der Waals surface area contributed by atoms with Gasteiger partial charge >= 0.3 is 5.91 Å². The van der Waals surface area contributed by atoms with Crippen LogP contribution in [0.25, 0.3) is 5.78 Å². The van der Waals surface area contributed by atoms with Gasteiger partial charge in [-0.05, 0) is 6.07 Å². The summed E-state index contributed by atoms with van der Waals surface area (Å²) >= 11 is 0. The molecule has 0 radical (unpaired) electrons. The molecular weight excluding hydrogens is 202 g/mol. The van der Waals surface area contributed by atoms with E-state index in [4.69, 9.17) is 10.3 Å². The molecule has 15 heavy (non-hydrogen) atoms. The summed E-state index contributed by atoms with van der Waals surface area (Å²) in [5.74, 6) is -0.828. The normalized spacial score (nSPS) is 10.5. The van der Waals surface area contributed by atoms with Crippen LogP contribution in [0.1, 0.15) is 16.3 Å². The van der Waals surface area contributed by atoms with E-state index in [0.717, 1.165) is 0 Å². The molecule has 2 aromatic rings. The highest BCUT2D eigenvalue weighted by molar-refractivity contribution is 5.89. The maximum atomic E-state index is 11.0. The molecule has 2 aromatic heterocycles. The Labute approximate surface area is 83.2 Å². The number of rotatable bonds is 2. The zero-order chi connectivity index (χ0) is 10.8. The van der Waals surface area contributed by atoms with Crippen LogP contribution in [-0.4, -0.2) is 35.8 Å². The van der Waals surface area contributed by atoms with Crippen molar-refractivity contribution in [1.29, 1.82) is 0 Å². The van der Waals surface area contributed by atoms with Crippen LogP contribution < -0.4 is 5.48 Å². The molecule has 0 aliphatic heterocycles. The molecule has 0 atom stereocenters. The largest absolute Gasteiger partial charge is 0.390 e. The zero-order valence-corrected chi connectivity index (χ0v) is 7.45. The van der Waals surface area contributed by atoms with Crippen molar-refractivity contribution >= 4 is 11.7 Å². The fraction of sp³-hybridized carbons (Fsp3) is 0.143. The lowest BCUT2D eigenvalue weighted by atomic mass is 10.4. The molecule has 0 aliphatic rings. The minimum Gasteiger partial charge on any atom is -0.390 e. The summed E-state index contributed by atoms with van der Waals surface area (Å²) in [6.45, 7) is -0.217. The standard InChI is InChI=1S/C7H7N5O3/c13-3-4-1-2-12-7(8-4)9-5(10-12)6(14)11-15/h1-2,13,15H,3H2,(H,11,14). The fourth-order valence-corrected chi connectivity index (χ4v) is 1.05. The second-order valence-corrected chi connectivity index (χ2v) is 2.70. The van der Waals surface area contributed by atoms with Gasteiger partial charge in [0.15, 0.2) is 0 Å². The van der Waals surface area contributed by atoms with Crippen molar-refractivity contribution < 1.29 is 15.1 Å². The average Bonchev–Trinajstić information content (AvgIpc) is 2.70. The van der Waals surface area contributed by atoms with E-state index in [1.54, 1.807) is 6.07 Å². The maximum absolute atomic E-state index is 11.0. The monoisotopic (exact) mass is 209 g/mol. The quantitative estimate of drug-likeness (QED) is 0.420. The van der Waals surface area contributed by atoms with Crippen LogP contribution in [-0.2, 0) is 6.61 Å². The maximum Gasteiger partial charge on any atom is 0.314 e.